The summed E-state index contributed by atoms with van der Waals surface area (Å²) in [5.74, 6) is -1.04. The van der Waals surface area contributed by atoms with Crippen LogP contribution in [0.1, 0.15) is 38.8 Å². The maximum absolute atomic E-state index is 13.0. The molecule has 118 valence electrons. The summed E-state index contributed by atoms with van der Waals surface area (Å²) in [6.45, 7) is 8.74. The molecule has 1 amide bonds. The average molecular weight is 301 g/mol. The fourth-order valence-corrected chi connectivity index (χ4v) is 3.95. The average Bonchev–Trinajstić information content (AvgIpc) is 2.86. The largest absolute Gasteiger partial charge is 0.480 e. The van der Waals surface area contributed by atoms with Crippen LogP contribution in [0.3, 0.4) is 0 Å². The van der Waals surface area contributed by atoms with E-state index in [4.69, 9.17) is 0 Å². The number of carbonyl (C=O) groups is 2. The van der Waals surface area contributed by atoms with Gasteiger partial charge in [-0.15, -0.1) is 0 Å². The SMILES string of the molecule is CC1(C)C(C(=O)N2Cc3ccccc3CC2C(=O)O)C1(C)C. The van der Waals surface area contributed by atoms with Gasteiger partial charge in [-0.25, -0.2) is 4.79 Å². The van der Waals surface area contributed by atoms with Crippen LogP contribution in [0, 0.1) is 16.7 Å². The monoisotopic (exact) mass is 301 g/mol. The van der Waals surface area contributed by atoms with Gasteiger partial charge in [0.15, 0.2) is 0 Å². The number of carboxylic acid groups (broad SMARTS) is 1. The highest BCUT2D eigenvalue weighted by atomic mass is 16.4. The van der Waals surface area contributed by atoms with Gasteiger partial charge >= 0.3 is 5.97 Å². The molecular formula is C18H23NO3. The molecule has 1 N–H and O–H groups in total. The summed E-state index contributed by atoms with van der Waals surface area (Å²) < 4.78 is 0. The number of rotatable bonds is 2. The maximum Gasteiger partial charge on any atom is 0.326 e. The van der Waals surface area contributed by atoms with E-state index in [-0.39, 0.29) is 22.7 Å². The second-order valence-corrected chi connectivity index (χ2v) is 7.67. The van der Waals surface area contributed by atoms with Crippen molar-refractivity contribution in [2.75, 3.05) is 0 Å². The topological polar surface area (TPSA) is 57.6 Å². The number of carbonyl (C=O) groups excluding carboxylic acids is 1. The zero-order chi connectivity index (χ0) is 16.3. The van der Waals surface area contributed by atoms with Crippen LogP contribution in [0.15, 0.2) is 24.3 Å². The van der Waals surface area contributed by atoms with Gasteiger partial charge in [-0.3, -0.25) is 4.79 Å². The Kier molecular flexibility index (Phi) is 3.13. The Balaban J connectivity index is 1.92. The Morgan fingerprint density at radius 3 is 2.14 bits per heavy atom. The highest BCUT2D eigenvalue weighted by Crippen LogP contribution is 2.69. The summed E-state index contributed by atoms with van der Waals surface area (Å²) in [7, 11) is 0. The third kappa shape index (κ3) is 1.97. The van der Waals surface area contributed by atoms with Crippen molar-refractivity contribution in [3.8, 4) is 0 Å². The number of hydrogen-bond acceptors (Lipinski definition) is 2. The second kappa shape index (κ2) is 4.58. The van der Waals surface area contributed by atoms with Gasteiger partial charge in [0.1, 0.15) is 6.04 Å². The van der Waals surface area contributed by atoms with Crippen molar-refractivity contribution in [3.63, 3.8) is 0 Å². The molecule has 2 aliphatic rings. The Morgan fingerprint density at radius 2 is 1.64 bits per heavy atom. The lowest BCUT2D eigenvalue weighted by molar-refractivity contribution is -0.152. The predicted molar refractivity (Wildman–Crippen MR) is 83.2 cm³/mol. The van der Waals surface area contributed by atoms with E-state index in [1.165, 1.54) is 0 Å². The van der Waals surface area contributed by atoms with Crippen LogP contribution in [0.2, 0.25) is 0 Å². The number of amides is 1. The van der Waals surface area contributed by atoms with Crippen LogP contribution >= 0.6 is 0 Å². The van der Waals surface area contributed by atoms with Gasteiger partial charge < -0.3 is 10.0 Å². The Bertz CT molecular complexity index is 633. The molecule has 1 atom stereocenters. The lowest BCUT2D eigenvalue weighted by Crippen LogP contribution is -2.49. The van der Waals surface area contributed by atoms with Gasteiger partial charge in [0, 0.05) is 18.9 Å². The van der Waals surface area contributed by atoms with Gasteiger partial charge in [0.25, 0.3) is 0 Å². The molecule has 3 rings (SSSR count). The standard InChI is InChI=1S/C18H23NO3/c1-17(2)14(18(17,3)4)15(20)19-10-12-8-6-5-7-11(12)9-13(19)16(21)22/h5-8,13-14H,9-10H2,1-4H3,(H,21,22). The van der Waals surface area contributed by atoms with Crippen LogP contribution in [0.25, 0.3) is 0 Å². The molecule has 22 heavy (non-hydrogen) atoms. The molecular weight excluding hydrogens is 278 g/mol. The number of fused-ring (bicyclic) bond motifs is 1. The summed E-state index contributed by atoms with van der Waals surface area (Å²) >= 11 is 0. The minimum absolute atomic E-state index is 0.0168. The van der Waals surface area contributed by atoms with Crippen molar-refractivity contribution in [2.45, 2.75) is 46.7 Å². The van der Waals surface area contributed by atoms with Crippen molar-refractivity contribution >= 4 is 11.9 Å². The third-order valence-electron chi connectivity index (χ3n) is 6.08. The highest BCUT2D eigenvalue weighted by molar-refractivity contribution is 5.89. The van der Waals surface area contributed by atoms with Crippen LogP contribution in [0.4, 0.5) is 0 Å². The van der Waals surface area contributed by atoms with E-state index in [0.717, 1.165) is 11.1 Å². The number of aliphatic carboxylic acids is 1. The van der Waals surface area contributed by atoms with Crippen LogP contribution in [-0.2, 0) is 22.6 Å². The van der Waals surface area contributed by atoms with Crippen molar-refractivity contribution < 1.29 is 14.7 Å². The van der Waals surface area contributed by atoms with Crippen molar-refractivity contribution in [1.82, 2.24) is 4.90 Å². The first kappa shape index (κ1) is 15.1. The first-order valence-corrected chi connectivity index (χ1v) is 7.78. The first-order chi connectivity index (χ1) is 10.2. The lowest BCUT2D eigenvalue weighted by Gasteiger charge is -2.35. The van der Waals surface area contributed by atoms with Crippen LogP contribution in [-0.4, -0.2) is 27.9 Å². The Hall–Kier alpha value is -1.84. The zero-order valence-corrected chi connectivity index (χ0v) is 13.6. The third-order valence-corrected chi connectivity index (χ3v) is 6.08. The minimum atomic E-state index is -0.917. The smallest absolute Gasteiger partial charge is 0.326 e. The van der Waals surface area contributed by atoms with E-state index in [1.54, 1.807) is 4.90 Å². The van der Waals surface area contributed by atoms with Crippen molar-refractivity contribution in [3.05, 3.63) is 35.4 Å². The quantitative estimate of drug-likeness (QED) is 0.913. The summed E-state index contributed by atoms with van der Waals surface area (Å²) in [4.78, 5) is 26.2. The lowest BCUT2D eigenvalue weighted by atomic mass is 9.93. The fraction of sp³-hybridized carbons (Fsp3) is 0.556. The molecule has 1 aliphatic carbocycles. The number of hydrogen-bond donors (Lipinski definition) is 1. The van der Waals surface area contributed by atoms with Crippen molar-refractivity contribution in [1.29, 1.82) is 0 Å². The fourth-order valence-electron chi connectivity index (χ4n) is 3.95. The van der Waals surface area contributed by atoms with E-state index in [9.17, 15) is 14.7 Å². The van der Waals surface area contributed by atoms with E-state index in [2.05, 4.69) is 27.7 Å². The molecule has 1 saturated carbocycles. The number of carboxylic acids is 1. The molecule has 1 aromatic rings. The Morgan fingerprint density at radius 1 is 1.09 bits per heavy atom. The molecule has 1 fully saturated rings. The van der Waals surface area contributed by atoms with Gasteiger partial charge in [0.2, 0.25) is 5.91 Å². The maximum atomic E-state index is 13.0. The van der Waals surface area contributed by atoms with E-state index in [0.29, 0.717) is 13.0 Å². The molecule has 0 bridgehead atoms. The molecule has 1 aromatic carbocycles. The zero-order valence-electron chi connectivity index (χ0n) is 13.6. The summed E-state index contributed by atoms with van der Waals surface area (Å²) in [6, 6.07) is 7.04. The van der Waals surface area contributed by atoms with Gasteiger partial charge in [-0.2, -0.15) is 0 Å². The van der Waals surface area contributed by atoms with Gasteiger partial charge in [-0.05, 0) is 22.0 Å². The Labute approximate surface area is 131 Å². The number of nitrogens with zero attached hydrogens (tertiary/aromatic N) is 1. The first-order valence-electron chi connectivity index (χ1n) is 7.78. The molecule has 4 heteroatoms. The molecule has 1 unspecified atom stereocenters. The van der Waals surface area contributed by atoms with E-state index < -0.39 is 12.0 Å². The minimum Gasteiger partial charge on any atom is -0.480 e. The molecule has 0 radical (unpaired) electrons. The summed E-state index contributed by atoms with van der Waals surface area (Å²) in [5, 5.41) is 9.55. The van der Waals surface area contributed by atoms with Crippen molar-refractivity contribution in [2.24, 2.45) is 16.7 Å². The summed E-state index contributed by atoms with van der Waals surface area (Å²) in [6.07, 6.45) is 0.394. The summed E-state index contributed by atoms with van der Waals surface area (Å²) in [5.41, 5.74) is 1.94. The predicted octanol–water partition coefficient (Wildman–Crippen LogP) is 2.71. The molecule has 1 heterocycles. The molecule has 0 spiro atoms. The van der Waals surface area contributed by atoms with Gasteiger partial charge in [0.05, 0.1) is 0 Å². The second-order valence-electron chi connectivity index (χ2n) is 7.67. The van der Waals surface area contributed by atoms with Gasteiger partial charge in [-0.1, -0.05) is 52.0 Å². The normalized spacial score (nSPS) is 25.5. The molecule has 0 saturated heterocycles. The highest BCUT2D eigenvalue weighted by Gasteiger charge is 2.69. The molecule has 4 nitrogen and oxygen atoms in total. The van der Waals surface area contributed by atoms with Crippen LogP contribution < -0.4 is 0 Å². The van der Waals surface area contributed by atoms with E-state index >= 15 is 0 Å². The number of benzene rings is 1. The van der Waals surface area contributed by atoms with Crippen LogP contribution in [0.5, 0.6) is 0 Å². The molecule has 0 aromatic heterocycles. The molecule has 1 aliphatic heterocycles. The van der Waals surface area contributed by atoms with E-state index in [1.807, 2.05) is 24.3 Å².